The first-order chi connectivity index (χ1) is 22.7. The Morgan fingerprint density at radius 3 is 2.31 bits per heavy atom. The van der Waals surface area contributed by atoms with Crippen LogP contribution in [0.3, 0.4) is 0 Å². The Kier molecular flexibility index (Phi) is 17.1. The van der Waals surface area contributed by atoms with E-state index in [4.69, 9.17) is 20.3 Å². The molecule has 0 bridgehead atoms. The molecule has 1 saturated heterocycles. The van der Waals surface area contributed by atoms with Crippen molar-refractivity contribution >= 4 is 35.0 Å². The van der Waals surface area contributed by atoms with Crippen molar-refractivity contribution in [1.29, 1.82) is 0 Å². The third kappa shape index (κ3) is 13.6. The number of amides is 2. The van der Waals surface area contributed by atoms with Gasteiger partial charge in [-0.25, -0.2) is 0 Å². The van der Waals surface area contributed by atoms with E-state index in [-0.39, 0.29) is 50.1 Å². The number of anilines is 1. The summed E-state index contributed by atoms with van der Waals surface area (Å²) in [6, 6.07) is 5.84. The van der Waals surface area contributed by atoms with Gasteiger partial charge in [0.15, 0.2) is 11.6 Å². The Morgan fingerprint density at radius 2 is 1.69 bits per heavy atom. The maximum atomic E-state index is 12.8. The largest absolute Gasteiger partial charge is 0.480 e. The number of nitrogens with zero attached hydrogens (tertiary/aromatic N) is 1. The van der Waals surface area contributed by atoms with Crippen molar-refractivity contribution in [1.82, 2.24) is 20.9 Å². The van der Waals surface area contributed by atoms with Gasteiger partial charge in [-0.1, -0.05) is 6.92 Å². The van der Waals surface area contributed by atoms with E-state index in [1.165, 1.54) is 0 Å². The van der Waals surface area contributed by atoms with Gasteiger partial charge in [-0.05, 0) is 84.2 Å². The number of rotatable bonds is 27. The lowest BCUT2D eigenvalue weighted by atomic mass is 9.96. The molecule has 1 fully saturated rings. The number of carboxylic acid groups (broad SMARTS) is 1. The van der Waals surface area contributed by atoms with Gasteiger partial charge in [-0.3, -0.25) is 34.2 Å². The molecule has 2 rings (SSSR count). The van der Waals surface area contributed by atoms with Gasteiger partial charge in [0.05, 0.1) is 36.9 Å². The molecular formula is C34H56N6O8. The molecule has 0 saturated carbocycles. The SMILES string of the molecule is CCCNc1ccc(C(=O)NCCCC[C@H](NC(C)(C)C(=O)COCCOCCN2CC2(C)C(=O)CC[C@H](NC)C(=O)O)C(N)=O)cc1. The van der Waals surface area contributed by atoms with E-state index in [9.17, 15) is 24.0 Å². The maximum Gasteiger partial charge on any atom is 0.320 e. The van der Waals surface area contributed by atoms with E-state index >= 15 is 0 Å². The zero-order valence-corrected chi connectivity index (χ0v) is 29.2. The van der Waals surface area contributed by atoms with Crippen molar-refractivity contribution in [2.45, 2.75) is 89.4 Å². The minimum atomic E-state index is -1.05. The van der Waals surface area contributed by atoms with Gasteiger partial charge < -0.3 is 36.3 Å². The van der Waals surface area contributed by atoms with E-state index < -0.39 is 35.0 Å². The van der Waals surface area contributed by atoms with Crippen molar-refractivity contribution in [2.75, 3.05) is 65.0 Å². The Balaban J connectivity index is 1.60. The topological polar surface area (TPSA) is 201 Å². The number of hydrogen-bond donors (Lipinski definition) is 6. The molecule has 14 heteroatoms. The fourth-order valence-corrected chi connectivity index (χ4v) is 5.19. The number of likely N-dealkylation sites (N-methyl/N-ethyl adjacent to an activating group) is 1. The van der Waals surface area contributed by atoms with Gasteiger partial charge in [-0.15, -0.1) is 0 Å². The number of hydrogen-bond acceptors (Lipinski definition) is 11. The molecule has 48 heavy (non-hydrogen) atoms. The van der Waals surface area contributed by atoms with Crippen LogP contribution in [0.5, 0.6) is 0 Å². The second-order valence-corrected chi connectivity index (χ2v) is 12.9. The highest BCUT2D eigenvalue weighted by Gasteiger charge is 2.52. The Hall–Kier alpha value is -3.43. The second-order valence-electron chi connectivity index (χ2n) is 12.9. The lowest BCUT2D eigenvalue weighted by Gasteiger charge is -2.29. The quantitative estimate of drug-likeness (QED) is 0.0578. The van der Waals surface area contributed by atoms with E-state index in [2.05, 4.69) is 28.2 Å². The highest BCUT2D eigenvalue weighted by Crippen LogP contribution is 2.33. The van der Waals surface area contributed by atoms with Crippen LogP contribution in [0.15, 0.2) is 24.3 Å². The number of nitrogens with two attached hydrogens (primary N) is 1. The van der Waals surface area contributed by atoms with Crippen LogP contribution < -0.4 is 27.0 Å². The molecule has 1 aromatic carbocycles. The van der Waals surface area contributed by atoms with Crippen LogP contribution in [0, 0.1) is 0 Å². The molecular weight excluding hydrogens is 620 g/mol. The zero-order chi connectivity index (χ0) is 35.7. The fourth-order valence-electron chi connectivity index (χ4n) is 5.19. The average Bonchev–Trinajstić information content (AvgIpc) is 3.72. The number of ketones is 2. The van der Waals surface area contributed by atoms with E-state index in [1.807, 2.05) is 24.0 Å². The number of aliphatic carboxylic acids is 1. The third-order valence-corrected chi connectivity index (χ3v) is 8.62. The summed E-state index contributed by atoms with van der Waals surface area (Å²) in [5.74, 6) is -1.92. The normalized spacial score (nSPS) is 18.5. The Bertz CT molecular complexity index is 1210. The predicted molar refractivity (Wildman–Crippen MR) is 183 cm³/mol. The molecule has 2 unspecified atom stereocenters. The average molecular weight is 677 g/mol. The molecule has 0 aromatic heterocycles. The van der Waals surface area contributed by atoms with Crippen LogP contribution in [0.1, 0.15) is 76.6 Å². The molecule has 0 radical (unpaired) electrons. The summed E-state index contributed by atoms with van der Waals surface area (Å²) in [5.41, 5.74) is 5.52. The van der Waals surface area contributed by atoms with Crippen molar-refractivity contribution in [3.8, 4) is 0 Å². The molecule has 4 atom stereocenters. The third-order valence-electron chi connectivity index (χ3n) is 8.62. The molecule has 1 heterocycles. The monoisotopic (exact) mass is 676 g/mol. The molecule has 14 nitrogen and oxygen atoms in total. The number of primary amides is 1. The number of Topliss-reactive ketones (excluding diaryl/α,β-unsaturated/α-hetero) is 2. The van der Waals surface area contributed by atoms with Crippen LogP contribution >= 0.6 is 0 Å². The molecule has 1 aliphatic rings. The Morgan fingerprint density at radius 1 is 1.00 bits per heavy atom. The van der Waals surface area contributed by atoms with E-state index in [0.29, 0.717) is 51.1 Å². The summed E-state index contributed by atoms with van der Waals surface area (Å²) >= 11 is 0. The first-order valence-electron chi connectivity index (χ1n) is 16.8. The lowest BCUT2D eigenvalue weighted by molar-refractivity contribution is -0.139. The highest BCUT2D eigenvalue weighted by atomic mass is 16.5. The van der Waals surface area contributed by atoms with Crippen molar-refractivity contribution in [2.24, 2.45) is 5.73 Å². The van der Waals surface area contributed by atoms with Crippen LogP contribution in [0.2, 0.25) is 0 Å². The van der Waals surface area contributed by atoms with Crippen molar-refractivity contribution in [3.63, 3.8) is 0 Å². The molecule has 0 spiro atoms. The number of ether oxygens (including phenoxy) is 2. The van der Waals surface area contributed by atoms with Gasteiger partial charge >= 0.3 is 5.97 Å². The van der Waals surface area contributed by atoms with Gasteiger partial charge in [0.2, 0.25) is 5.91 Å². The molecule has 1 aromatic rings. The van der Waals surface area contributed by atoms with Crippen LogP contribution in [0.25, 0.3) is 0 Å². The highest BCUT2D eigenvalue weighted by molar-refractivity contribution is 5.94. The van der Waals surface area contributed by atoms with E-state index in [1.54, 1.807) is 33.0 Å². The molecule has 2 amide bonds. The summed E-state index contributed by atoms with van der Waals surface area (Å²) in [6.07, 6.45) is 3.11. The first kappa shape index (κ1) is 40.7. The number of unbranched alkanes of at least 4 members (excludes halogenated alkanes) is 1. The maximum absolute atomic E-state index is 12.8. The minimum absolute atomic E-state index is 0.0159. The lowest BCUT2D eigenvalue weighted by Crippen LogP contribution is -2.56. The van der Waals surface area contributed by atoms with Gasteiger partial charge in [0.1, 0.15) is 12.6 Å². The van der Waals surface area contributed by atoms with Gasteiger partial charge in [0.25, 0.3) is 5.91 Å². The van der Waals surface area contributed by atoms with Crippen LogP contribution in [-0.4, -0.2) is 122 Å². The number of carbonyl (C=O) groups excluding carboxylic acids is 4. The van der Waals surface area contributed by atoms with E-state index in [0.717, 1.165) is 18.7 Å². The van der Waals surface area contributed by atoms with Crippen molar-refractivity contribution in [3.05, 3.63) is 29.8 Å². The number of carboxylic acids is 1. The molecule has 0 aliphatic carbocycles. The second kappa shape index (κ2) is 20.2. The summed E-state index contributed by atoms with van der Waals surface area (Å²) in [5, 5.41) is 21.0. The summed E-state index contributed by atoms with van der Waals surface area (Å²) < 4.78 is 11.1. The molecule has 270 valence electrons. The zero-order valence-electron chi connectivity index (χ0n) is 29.2. The molecule has 1 aliphatic heterocycles. The summed E-state index contributed by atoms with van der Waals surface area (Å²) in [4.78, 5) is 63.1. The summed E-state index contributed by atoms with van der Waals surface area (Å²) in [6.45, 7) is 10.5. The van der Waals surface area contributed by atoms with Gasteiger partial charge in [-0.2, -0.15) is 0 Å². The minimum Gasteiger partial charge on any atom is -0.480 e. The van der Waals surface area contributed by atoms with Gasteiger partial charge in [0, 0.05) is 43.9 Å². The van der Waals surface area contributed by atoms with Crippen LogP contribution in [-0.2, 0) is 28.7 Å². The summed E-state index contributed by atoms with van der Waals surface area (Å²) in [7, 11) is 1.56. The Labute approximate surface area is 284 Å². The number of nitrogens with one attached hydrogen (secondary N) is 4. The smallest absolute Gasteiger partial charge is 0.320 e. The fraction of sp³-hybridized carbons (Fsp3) is 0.676. The standard InChI is InChI=1S/C34H56N6O8/c1-6-16-37-25-12-10-24(11-13-25)31(44)38-17-8-7-9-26(30(35)43)39-33(2,3)29(42)22-48-21-20-47-19-18-40-23-34(40,4)28(41)15-14-27(36-5)32(45)46/h10-13,26-27,36-37,39H,6-9,14-23H2,1-5H3,(H2,35,43)(H,38,44)(H,45,46)/t26-,27-,34?,40?/m0/s1. The van der Waals surface area contributed by atoms with Crippen molar-refractivity contribution < 1.29 is 38.6 Å². The number of carbonyl (C=O) groups is 5. The number of benzene rings is 1. The predicted octanol–water partition coefficient (Wildman–Crippen LogP) is 1.33. The van der Waals surface area contributed by atoms with Crippen LogP contribution in [0.4, 0.5) is 5.69 Å². The molecule has 7 N–H and O–H groups in total. The first-order valence-corrected chi connectivity index (χ1v) is 16.8.